The molecule has 0 bridgehead atoms. The average molecular weight is 212 g/mol. The van der Waals surface area contributed by atoms with Crippen molar-refractivity contribution in [2.24, 2.45) is 0 Å². The van der Waals surface area contributed by atoms with Crippen LogP contribution in [0.25, 0.3) is 5.65 Å². The maximum atomic E-state index is 11.3. The van der Waals surface area contributed by atoms with Crippen molar-refractivity contribution in [2.75, 3.05) is 12.0 Å². The number of hydrogen-bond acceptors (Lipinski definition) is 5. The van der Waals surface area contributed by atoms with Crippen LogP contribution >= 0.6 is 0 Å². The van der Waals surface area contributed by atoms with E-state index in [-0.39, 0.29) is 10.7 Å². The molecular formula is C7H8N4O2S. The smallest absolute Gasteiger partial charge is 0.180 e. The molecule has 74 valence electrons. The second-order valence-corrected chi connectivity index (χ2v) is 4.89. The molecule has 6 nitrogen and oxygen atoms in total. The summed E-state index contributed by atoms with van der Waals surface area (Å²) < 4.78 is 24.0. The Bertz CT molecular complexity index is 587. The summed E-state index contributed by atoms with van der Waals surface area (Å²) in [4.78, 5) is 7.74. The summed E-state index contributed by atoms with van der Waals surface area (Å²) in [7, 11) is -3.34. The number of nitrogens with zero attached hydrogens (tertiary/aromatic N) is 3. The number of nitrogens with two attached hydrogens (primary N) is 1. The van der Waals surface area contributed by atoms with E-state index >= 15 is 0 Å². The molecule has 0 unspecified atom stereocenters. The van der Waals surface area contributed by atoms with Crippen molar-refractivity contribution in [3.63, 3.8) is 0 Å². The molecule has 0 aliphatic carbocycles. The van der Waals surface area contributed by atoms with Gasteiger partial charge in [0.25, 0.3) is 0 Å². The normalized spacial score (nSPS) is 12.1. The molecule has 7 heteroatoms. The van der Waals surface area contributed by atoms with Gasteiger partial charge < -0.3 is 5.73 Å². The zero-order chi connectivity index (χ0) is 10.3. The van der Waals surface area contributed by atoms with Crippen molar-refractivity contribution < 1.29 is 8.42 Å². The Kier molecular flexibility index (Phi) is 1.71. The highest BCUT2D eigenvalue weighted by molar-refractivity contribution is 7.90. The van der Waals surface area contributed by atoms with Crippen molar-refractivity contribution in [2.45, 2.75) is 4.90 Å². The number of hydrogen-bond donors (Lipinski definition) is 1. The van der Waals surface area contributed by atoms with Gasteiger partial charge in [0.1, 0.15) is 17.0 Å². The standard InChI is InChI=1S/C7H8N4O2S/c1-14(12,13)5-2-10-6-3-9-4-11(6)7(5)8/h2-4H,8H2,1H3. The highest BCUT2D eigenvalue weighted by atomic mass is 32.2. The van der Waals surface area contributed by atoms with Gasteiger partial charge in [0, 0.05) is 6.26 Å². The molecule has 2 rings (SSSR count). The van der Waals surface area contributed by atoms with Crippen LogP contribution in [-0.4, -0.2) is 29.0 Å². The number of rotatable bonds is 1. The zero-order valence-electron chi connectivity index (χ0n) is 7.38. The molecule has 0 fully saturated rings. The summed E-state index contributed by atoms with van der Waals surface area (Å²) in [6, 6.07) is 0. The van der Waals surface area contributed by atoms with Crippen LogP contribution < -0.4 is 5.73 Å². The highest BCUT2D eigenvalue weighted by Gasteiger charge is 2.14. The van der Waals surface area contributed by atoms with Gasteiger partial charge in [-0.3, -0.25) is 4.40 Å². The molecule has 2 N–H and O–H groups in total. The van der Waals surface area contributed by atoms with Crippen LogP contribution in [-0.2, 0) is 9.84 Å². The van der Waals surface area contributed by atoms with E-state index in [1.54, 1.807) is 0 Å². The first-order valence-electron chi connectivity index (χ1n) is 3.77. The van der Waals surface area contributed by atoms with Gasteiger partial charge in [-0.1, -0.05) is 0 Å². The van der Waals surface area contributed by atoms with Crippen molar-refractivity contribution in [1.29, 1.82) is 0 Å². The van der Waals surface area contributed by atoms with Crippen LogP contribution in [0.5, 0.6) is 0 Å². The lowest BCUT2D eigenvalue weighted by Gasteiger charge is -2.04. The number of anilines is 1. The number of aromatic nitrogens is 3. The summed E-state index contributed by atoms with van der Waals surface area (Å²) in [6.07, 6.45) is 5.25. The van der Waals surface area contributed by atoms with Gasteiger partial charge in [-0.15, -0.1) is 0 Å². The quantitative estimate of drug-likeness (QED) is 0.701. The minimum absolute atomic E-state index is 0.0167. The fraction of sp³-hybridized carbons (Fsp3) is 0.143. The van der Waals surface area contributed by atoms with Crippen molar-refractivity contribution in [3.8, 4) is 0 Å². The van der Waals surface area contributed by atoms with Gasteiger partial charge >= 0.3 is 0 Å². The molecule has 2 aromatic rings. The molecule has 0 aliphatic heterocycles. The van der Waals surface area contributed by atoms with Crippen LogP contribution in [0.15, 0.2) is 23.6 Å². The SMILES string of the molecule is CS(=O)(=O)c1cnc2cncn2c1N. The summed E-state index contributed by atoms with van der Waals surface area (Å²) in [5.41, 5.74) is 6.18. The average Bonchev–Trinajstić information content (AvgIpc) is 2.50. The number of sulfone groups is 1. The molecule has 0 spiro atoms. The molecule has 0 radical (unpaired) electrons. The number of imidazole rings is 1. The van der Waals surface area contributed by atoms with Crippen LogP contribution in [0, 0.1) is 0 Å². The van der Waals surface area contributed by atoms with E-state index in [0.717, 1.165) is 6.26 Å². The first-order chi connectivity index (χ1) is 6.50. The lowest BCUT2D eigenvalue weighted by Crippen LogP contribution is -2.07. The summed E-state index contributed by atoms with van der Waals surface area (Å²) in [5, 5.41) is 0. The Balaban J connectivity index is 2.88. The third kappa shape index (κ3) is 1.22. The molecule has 14 heavy (non-hydrogen) atoms. The first-order valence-corrected chi connectivity index (χ1v) is 5.66. The Morgan fingerprint density at radius 2 is 2.14 bits per heavy atom. The van der Waals surface area contributed by atoms with Crippen molar-refractivity contribution >= 4 is 21.3 Å². The molecular weight excluding hydrogens is 204 g/mol. The highest BCUT2D eigenvalue weighted by Crippen LogP contribution is 2.17. The molecule has 2 heterocycles. The van der Waals surface area contributed by atoms with Gasteiger partial charge in [0.2, 0.25) is 0 Å². The van der Waals surface area contributed by atoms with E-state index in [9.17, 15) is 8.42 Å². The van der Waals surface area contributed by atoms with E-state index in [1.165, 1.54) is 23.1 Å². The Morgan fingerprint density at radius 3 is 2.79 bits per heavy atom. The van der Waals surface area contributed by atoms with Crippen LogP contribution in [0.2, 0.25) is 0 Å². The Hall–Kier alpha value is -1.63. The van der Waals surface area contributed by atoms with Gasteiger partial charge in [-0.2, -0.15) is 0 Å². The Morgan fingerprint density at radius 1 is 1.43 bits per heavy atom. The summed E-state index contributed by atoms with van der Waals surface area (Å²) in [5.74, 6) is 0.134. The lowest BCUT2D eigenvalue weighted by molar-refractivity contribution is 0.601. The van der Waals surface area contributed by atoms with Gasteiger partial charge in [0.15, 0.2) is 15.5 Å². The number of nitrogen functional groups attached to an aromatic ring is 1. The second-order valence-electron chi connectivity index (χ2n) is 2.90. The minimum atomic E-state index is -3.34. The first kappa shape index (κ1) is 8.95. The Labute approximate surface area is 80.3 Å². The third-order valence-corrected chi connectivity index (χ3v) is 2.96. The summed E-state index contributed by atoms with van der Waals surface area (Å²) >= 11 is 0. The number of fused-ring (bicyclic) bond motifs is 1. The molecule has 0 saturated heterocycles. The monoisotopic (exact) mass is 212 g/mol. The topological polar surface area (TPSA) is 90.3 Å². The zero-order valence-corrected chi connectivity index (χ0v) is 8.19. The van der Waals surface area contributed by atoms with E-state index < -0.39 is 9.84 Å². The predicted molar refractivity (Wildman–Crippen MR) is 50.5 cm³/mol. The fourth-order valence-electron chi connectivity index (χ4n) is 1.16. The van der Waals surface area contributed by atoms with E-state index in [0.29, 0.717) is 5.65 Å². The molecule has 0 atom stereocenters. The molecule has 2 aromatic heterocycles. The third-order valence-electron chi connectivity index (χ3n) is 1.84. The van der Waals surface area contributed by atoms with E-state index in [4.69, 9.17) is 5.73 Å². The second kappa shape index (κ2) is 2.68. The largest absolute Gasteiger partial charge is 0.384 e. The maximum absolute atomic E-state index is 11.3. The summed E-state index contributed by atoms with van der Waals surface area (Å²) in [6.45, 7) is 0. The van der Waals surface area contributed by atoms with Crippen LogP contribution in [0.3, 0.4) is 0 Å². The van der Waals surface area contributed by atoms with Crippen LogP contribution in [0.4, 0.5) is 5.82 Å². The molecule has 0 aromatic carbocycles. The fourth-order valence-corrected chi connectivity index (χ4v) is 1.89. The lowest BCUT2D eigenvalue weighted by atomic mass is 10.5. The van der Waals surface area contributed by atoms with Crippen molar-refractivity contribution in [1.82, 2.24) is 14.4 Å². The molecule has 0 saturated carbocycles. The van der Waals surface area contributed by atoms with Crippen LogP contribution in [0.1, 0.15) is 0 Å². The van der Waals surface area contributed by atoms with Gasteiger partial charge in [-0.05, 0) is 0 Å². The maximum Gasteiger partial charge on any atom is 0.180 e. The van der Waals surface area contributed by atoms with Crippen molar-refractivity contribution in [3.05, 3.63) is 18.7 Å². The molecule has 0 aliphatic rings. The van der Waals surface area contributed by atoms with Gasteiger partial charge in [0.05, 0.1) is 12.4 Å². The predicted octanol–water partition coefficient (Wildman–Crippen LogP) is -0.285. The minimum Gasteiger partial charge on any atom is -0.384 e. The van der Waals surface area contributed by atoms with Gasteiger partial charge in [-0.25, -0.2) is 18.4 Å². The molecule has 0 amide bonds. The van der Waals surface area contributed by atoms with E-state index in [2.05, 4.69) is 9.97 Å². The van der Waals surface area contributed by atoms with E-state index in [1.807, 2.05) is 0 Å².